The van der Waals surface area contributed by atoms with Crippen LogP contribution in [0.2, 0.25) is 0 Å². The van der Waals surface area contributed by atoms with Gasteiger partial charge in [-0.3, -0.25) is 4.79 Å². The first kappa shape index (κ1) is 15.1. The second-order valence-electron chi connectivity index (χ2n) is 4.89. The highest BCUT2D eigenvalue weighted by Gasteiger charge is 2.15. The van der Waals surface area contributed by atoms with Crippen molar-refractivity contribution in [1.29, 1.82) is 0 Å². The standard InChI is InChI=1S/C16H18O5/c1-4-20-13-7-5-11-9(2)12(6-8-14(17)18)16(19)21-15(11)10(13)3/h5,7H,4,6,8H2,1-3H3,(H,17,18). The van der Waals surface area contributed by atoms with Crippen LogP contribution in [-0.4, -0.2) is 17.7 Å². The smallest absolute Gasteiger partial charge is 0.339 e. The van der Waals surface area contributed by atoms with E-state index in [2.05, 4.69) is 0 Å². The summed E-state index contributed by atoms with van der Waals surface area (Å²) in [6.45, 7) is 6.08. The van der Waals surface area contributed by atoms with E-state index in [0.717, 1.165) is 16.5 Å². The molecule has 2 rings (SSSR count). The third kappa shape index (κ3) is 2.91. The summed E-state index contributed by atoms with van der Waals surface area (Å²) in [6, 6.07) is 3.69. The van der Waals surface area contributed by atoms with E-state index in [9.17, 15) is 9.59 Å². The van der Waals surface area contributed by atoms with Gasteiger partial charge in [0.2, 0.25) is 0 Å². The van der Waals surface area contributed by atoms with E-state index in [1.54, 1.807) is 0 Å². The molecule has 0 radical (unpaired) electrons. The van der Waals surface area contributed by atoms with Crippen molar-refractivity contribution in [1.82, 2.24) is 0 Å². The van der Waals surface area contributed by atoms with E-state index >= 15 is 0 Å². The van der Waals surface area contributed by atoms with Crippen LogP contribution in [0.3, 0.4) is 0 Å². The first-order valence-corrected chi connectivity index (χ1v) is 6.86. The summed E-state index contributed by atoms with van der Waals surface area (Å²) in [4.78, 5) is 22.8. The Kier molecular flexibility index (Phi) is 4.31. The monoisotopic (exact) mass is 290 g/mol. The number of aliphatic carboxylic acids is 1. The van der Waals surface area contributed by atoms with Crippen LogP contribution in [0.25, 0.3) is 11.0 Å². The summed E-state index contributed by atoms with van der Waals surface area (Å²) in [5.74, 6) is -0.248. The summed E-state index contributed by atoms with van der Waals surface area (Å²) in [7, 11) is 0. The van der Waals surface area contributed by atoms with Crippen LogP contribution in [0.1, 0.15) is 30.0 Å². The maximum Gasteiger partial charge on any atom is 0.339 e. The zero-order chi connectivity index (χ0) is 15.6. The molecular formula is C16H18O5. The number of ether oxygens (including phenoxy) is 1. The number of hydrogen-bond acceptors (Lipinski definition) is 4. The van der Waals surface area contributed by atoms with Crippen LogP contribution in [0.4, 0.5) is 0 Å². The lowest BCUT2D eigenvalue weighted by Gasteiger charge is -2.12. The zero-order valence-corrected chi connectivity index (χ0v) is 12.4. The fraction of sp³-hybridized carbons (Fsp3) is 0.375. The highest BCUT2D eigenvalue weighted by atomic mass is 16.5. The third-order valence-electron chi connectivity index (χ3n) is 3.54. The quantitative estimate of drug-likeness (QED) is 0.857. The largest absolute Gasteiger partial charge is 0.493 e. The molecule has 0 aliphatic rings. The molecule has 1 aromatic carbocycles. The van der Waals surface area contributed by atoms with Gasteiger partial charge in [-0.05, 0) is 44.9 Å². The average Bonchev–Trinajstić information content (AvgIpc) is 2.42. The van der Waals surface area contributed by atoms with E-state index in [1.165, 1.54) is 0 Å². The Morgan fingerprint density at radius 3 is 2.62 bits per heavy atom. The van der Waals surface area contributed by atoms with Gasteiger partial charge in [0.1, 0.15) is 11.3 Å². The molecule has 1 N–H and O–H groups in total. The van der Waals surface area contributed by atoms with Gasteiger partial charge in [0, 0.05) is 22.9 Å². The Bertz CT molecular complexity index is 742. The molecule has 5 nitrogen and oxygen atoms in total. The molecule has 0 atom stereocenters. The van der Waals surface area contributed by atoms with Gasteiger partial charge in [0.05, 0.1) is 6.61 Å². The summed E-state index contributed by atoms with van der Waals surface area (Å²) >= 11 is 0. The van der Waals surface area contributed by atoms with Crippen LogP contribution in [0.5, 0.6) is 5.75 Å². The highest BCUT2D eigenvalue weighted by Crippen LogP contribution is 2.29. The van der Waals surface area contributed by atoms with Gasteiger partial charge >= 0.3 is 11.6 Å². The maximum atomic E-state index is 12.1. The molecule has 0 aliphatic heterocycles. The van der Waals surface area contributed by atoms with Gasteiger partial charge in [-0.1, -0.05) is 0 Å². The Morgan fingerprint density at radius 2 is 2.00 bits per heavy atom. The van der Waals surface area contributed by atoms with E-state index in [4.69, 9.17) is 14.3 Å². The fourth-order valence-corrected chi connectivity index (χ4v) is 2.40. The SMILES string of the molecule is CCOc1ccc2c(C)c(CCC(=O)O)c(=O)oc2c1C. The molecule has 0 saturated heterocycles. The van der Waals surface area contributed by atoms with Gasteiger partial charge in [-0.15, -0.1) is 0 Å². The van der Waals surface area contributed by atoms with Gasteiger partial charge in [0.15, 0.2) is 0 Å². The van der Waals surface area contributed by atoms with Gasteiger partial charge in [0.25, 0.3) is 0 Å². The summed E-state index contributed by atoms with van der Waals surface area (Å²) in [6.07, 6.45) is 0.0822. The van der Waals surface area contributed by atoms with Crippen LogP contribution < -0.4 is 10.4 Å². The molecule has 0 amide bonds. The third-order valence-corrected chi connectivity index (χ3v) is 3.54. The van der Waals surface area contributed by atoms with Crippen LogP contribution >= 0.6 is 0 Å². The average molecular weight is 290 g/mol. The summed E-state index contributed by atoms with van der Waals surface area (Å²) < 4.78 is 10.9. The van der Waals surface area contributed by atoms with E-state index in [0.29, 0.717) is 23.5 Å². The predicted octanol–water partition coefficient (Wildman–Crippen LogP) is 2.83. The number of carboxylic acids is 1. The number of fused-ring (bicyclic) bond motifs is 1. The summed E-state index contributed by atoms with van der Waals surface area (Å²) in [5, 5.41) is 9.58. The molecule has 0 bridgehead atoms. The Balaban J connectivity index is 2.60. The van der Waals surface area contributed by atoms with Crippen molar-refractivity contribution in [3.05, 3.63) is 39.2 Å². The Hall–Kier alpha value is -2.30. The first-order chi connectivity index (χ1) is 9.95. The van der Waals surface area contributed by atoms with Crippen molar-refractivity contribution in [3.63, 3.8) is 0 Å². The van der Waals surface area contributed by atoms with Crippen molar-refractivity contribution in [2.75, 3.05) is 6.61 Å². The molecule has 0 unspecified atom stereocenters. The number of aryl methyl sites for hydroxylation is 2. The molecule has 1 heterocycles. The van der Waals surface area contributed by atoms with Crippen molar-refractivity contribution < 1.29 is 19.1 Å². The number of hydrogen-bond donors (Lipinski definition) is 1. The fourth-order valence-electron chi connectivity index (χ4n) is 2.40. The van der Waals surface area contributed by atoms with Crippen molar-refractivity contribution >= 4 is 16.9 Å². The number of carboxylic acid groups (broad SMARTS) is 1. The van der Waals surface area contributed by atoms with Gasteiger partial charge in [-0.2, -0.15) is 0 Å². The maximum absolute atomic E-state index is 12.1. The van der Waals surface area contributed by atoms with Crippen molar-refractivity contribution in [2.24, 2.45) is 0 Å². The second-order valence-corrected chi connectivity index (χ2v) is 4.89. The lowest BCUT2D eigenvalue weighted by atomic mass is 10.0. The van der Waals surface area contributed by atoms with E-state index in [1.807, 2.05) is 32.9 Å². The molecule has 5 heteroatoms. The van der Waals surface area contributed by atoms with Gasteiger partial charge in [-0.25, -0.2) is 4.79 Å². The first-order valence-electron chi connectivity index (χ1n) is 6.86. The van der Waals surface area contributed by atoms with Crippen molar-refractivity contribution in [2.45, 2.75) is 33.6 Å². The van der Waals surface area contributed by atoms with E-state index in [-0.39, 0.29) is 12.8 Å². The Morgan fingerprint density at radius 1 is 1.29 bits per heavy atom. The van der Waals surface area contributed by atoms with Gasteiger partial charge < -0.3 is 14.3 Å². The molecule has 2 aromatic rings. The number of carbonyl (C=O) groups is 1. The van der Waals surface area contributed by atoms with E-state index < -0.39 is 11.6 Å². The second kappa shape index (κ2) is 5.99. The minimum atomic E-state index is -0.934. The normalized spacial score (nSPS) is 10.8. The minimum Gasteiger partial charge on any atom is -0.493 e. The van der Waals surface area contributed by atoms with Crippen LogP contribution in [-0.2, 0) is 11.2 Å². The number of rotatable bonds is 5. The minimum absolute atomic E-state index is 0.0902. The predicted molar refractivity (Wildman–Crippen MR) is 79.1 cm³/mol. The topological polar surface area (TPSA) is 76.7 Å². The molecular weight excluding hydrogens is 272 g/mol. The molecule has 0 saturated carbocycles. The molecule has 21 heavy (non-hydrogen) atoms. The van der Waals surface area contributed by atoms with Crippen molar-refractivity contribution in [3.8, 4) is 5.75 Å². The molecule has 1 aromatic heterocycles. The molecule has 0 spiro atoms. The highest BCUT2D eigenvalue weighted by molar-refractivity contribution is 5.85. The molecule has 0 fully saturated rings. The molecule has 0 aliphatic carbocycles. The molecule has 112 valence electrons. The van der Waals surface area contributed by atoms with Crippen LogP contribution in [0.15, 0.2) is 21.3 Å². The number of benzene rings is 1. The lowest BCUT2D eigenvalue weighted by Crippen LogP contribution is -2.12. The lowest BCUT2D eigenvalue weighted by molar-refractivity contribution is -0.136. The van der Waals surface area contributed by atoms with Crippen LogP contribution in [0, 0.1) is 13.8 Å². The summed E-state index contributed by atoms with van der Waals surface area (Å²) in [5.41, 5.74) is 2.00. The zero-order valence-electron chi connectivity index (χ0n) is 12.4. The Labute approximate surface area is 122 Å².